The summed E-state index contributed by atoms with van der Waals surface area (Å²) >= 11 is 0. The van der Waals surface area contributed by atoms with Crippen molar-refractivity contribution in [1.29, 1.82) is 0 Å². The Labute approximate surface area is 357 Å². The molecule has 0 amide bonds. The fraction of sp³-hybridized carbons (Fsp3) is 0.250. The van der Waals surface area contributed by atoms with Crippen molar-refractivity contribution < 1.29 is 0 Å². The number of para-hydroxylation sites is 1. The highest BCUT2D eigenvalue weighted by molar-refractivity contribution is 6.95. The second kappa shape index (κ2) is 12.5. The van der Waals surface area contributed by atoms with E-state index in [1.54, 1.807) is 16.7 Å². The number of benzene rings is 6. The molecule has 6 unspecified atom stereocenters. The van der Waals surface area contributed by atoms with Crippen molar-refractivity contribution in [2.24, 2.45) is 23.7 Å². The largest absolute Gasteiger partial charge is 0.345 e. The first-order chi connectivity index (χ1) is 29.3. The van der Waals surface area contributed by atoms with Gasteiger partial charge in [0.1, 0.15) is 0 Å². The lowest BCUT2D eigenvalue weighted by atomic mass is 9.31. The van der Waals surface area contributed by atoms with E-state index in [2.05, 4.69) is 189 Å². The molecule has 2 fully saturated rings. The molecule has 13 rings (SSSR count). The van der Waals surface area contributed by atoms with E-state index in [4.69, 9.17) is 0 Å². The molecule has 0 bridgehead atoms. The summed E-state index contributed by atoms with van der Waals surface area (Å²) < 4.78 is 0. The third kappa shape index (κ3) is 4.45. The van der Waals surface area contributed by atoms with Crippen molar-refractivity contribution in [2.45, 2.75) is 64.6 Å². The minimum atomic E-state index is -0.559. The fourth-order valence-electron chi connectivity index (χ4n) is 13.7. The number of allylic oxidation sites excluding steroid dienone is 4. The second-order valence-corrected chi connectivity index (χ2v) is 21.9. The first kappa shape index (κ1) is 35.2. The van der Waals surface area contributed by atoms with Gasteiger partial charge in [0.15, 0.2) is 0 Å². The summed E-state index contributed by atoms with van der Waals surface area (Å²) in [5, 5.41) is 1.48. The Morgan fingerprint density at radius 2 is 1.53 bits per heavy atom. The molecule has 6 atom stereocenters. The molecule has 0 radical (unpaired) electrons. The van der Waals surface area contributed by atoms with Gasteiger partial charge in [-0.2, -0.15) is 0 Å². The van der Waals surface area contributed by atoms with Gasteiger partial charge in [0.05, 0.1) is 30.0 Å². The lowest BCUT2D eigenvalue weighted by Gasteiger charge is -2.71. The van der Waals surface area contributed by atoms with E-state index in [1.165, 1.54) is 96.2 Å². The summed E-state index contributed by atoms with van der Waals surface area (Å²) in [7, 11) is -0.559. The molecule has 1 spiro atoms. The molecule has 2 aliphatic heterocycles. The zero-order valence-electron chi connectivity index (χ0n) is 35.3. The smallest absolute Gasteiger partial charge is 0.335 e. The van der Waals surface area contributed by atoms with E-state index >= 15 is 0 Å². The molecule has 4 heteroatoms. The van der Waals surface area contributed by atoms with Gasteiger partial charge < -0.3 is 9.80 Å². The van der Waals surface area contributed by atoms with Gasteiger partial charge in [-0.05, 0) is 155 Å². The van der Waals surface area contributed by atoms with Gasteiger partial charge in [-0.1, -0.05) is 121 Å². The highest BCUT2D eigenvalue weighted by Crippen LogP contribution is 2.78. The lowest BCUT2D eigenvalue weighted by Crippen LogP contribution is -2.67. The Morgan fingerprint density at radius 3 is 2.37 bits per heavy atom. The average Bonchev–Trinajstić information content (AvgIpc) is 3.58. The molecule has 7 aliphatic rings. The van der Waals surface area contributed by atoms with Crippen LogP contribution in [0.4, 0.5) is 28.4 Å². The van der Waals surface area contributed by atoms with E-state index in [-0.39, 0.29) is 18.2 Å². The maximum atomic E-state index is 2.77. The van der Waals surface area contributed by atoms with Crippen molar-refractivity contribution in [2.75, 3.05) is 9.80 Å². The number of nitrogens with zero attached hydrogens (tertiary/aromatic N) is 2. The van der Waals surface area contributed by atoms with Gasteiger partial charge in [-0.25, -0.2) is 0 Å². The molecule has 0 saturated heterocycles. The van der Waals surface area contributed by atoms with Crippen LogP contribution < -0.4 is 25.9 Å². The Morgan fingerprint density at radius 1 is 0.750 bits per heavy atom. The predicted molar refractivity (Wildman–Crippen MR) is 256 cm³/mol. The molecular weight excluding hydrogens is 740 g/mol. The third-order valence-corrected chi connectivity index (χ3v) is 17.5. The summed E-state index contributed by atoms with van der Waals surface area (Å²) in [6.45, 7) is 12.1. The Hall–Kier alpha value is -5.58. The summed E-state index contributed by atoms with van der Waals surface area (Å²) in [5.41, 5.74) is 24.2. The highest BCUT2D eigenvalue weighted by atomic mass is 28.3. The molecule has 6 aromatic carbocycles. The molecule has 6 aromatic rings. The molecule has 2 saturated carbocycles. The third-order valence-electron chi connectivity index (χ3n) is 16.0. The highest BCUT2D eigenvalue weighted by Gasteiger charge is 2.72. The fourth-order valence-corrected chi connectivity index (χ4v) is 14.5. The number of hydrogen-bond acceptors (Lipinski definition) is 2. The van der Waals surface area contributed by atoms with E-state index in [0.29, 0.717) is 17.8 Å². The normalized spacial score (nSPS) is 25.5. The summed E-state index contributed by atoms with van der Waals surface area (Å²) in [6, 6.07) is 48.1. The standard InChI is InChI=1S/C56H50BN2Si/c1-33-19-25-48-46(29-33)57-45-17-11-12-18-47(45)58(39-13-7-6-8-14-39)50-31-37(36-21-23-40(24-22-36)60(4)5)32-51(55(50)57)59(48)49-26-20-35(3)52-41-15-9-10-16-42(41)56(54(49)52)43-28-34(2)27-38-30-44(56)53(38)43/h6-17,19-27,29,31-32,34,43-44,47,53H,18,28,30H2,1-5H3/q+1. The van der Waals surface area contributed by atoms with Crippen LogP contribution >= 0.6 is 0 Å². The predicted octanol–water partition coefficient (Wildman–Crippen LogP) is 11.8. The van der Waals surface area contributed by atoms with Gasteiger partial charge in [-0.15, -0.1) is 0 Å². The summed E-state index contributed by atoms with van der Waals surface area (Å²) in [5.74, 6) is 2.62. The van der Waals surface area contributed by atoms with Crippen LogP contribution in [0.2, 0.25) is 13.1 Å². The van der Waals surface area contributed by atoms with Crippen LogP contribution in [-0.4, -0.2) is 21.6 Å². The molecule has 2 nitrogen and oxygen atoms in total. The van der Waals surface area contributed by atoms with E-state index in [1.807, 2.05) is 0 Å². The van der Waals surface area contributed by atoms with Crippen LogP contribution in [0.3, 0.4) is 0 Å². The molecule has 2 heterocycles. The molecule has 290 valence electrons. The van der Waals surface area contributed by atoms with Gasteiger partial charge in [-0.3, -0.25) is 0 Å². The Kier molecular flexibility index (Phi) is 7.33. The summed E-state index contributed by atoms with van der Waals surface area (Å²) in [4.78, 5) is 5.46. The van der Waals surface area contributed by atoms with Crippen molar-refractivity contribution in [1.82, 2.24) is 0 Å². The monoisotopic (exact) mass is 789 g/mol. The number of rotatable bonds is 4. The Balaban J connectivity index is 1.14. The molecule has 0 N–H and O–H groups in total. The number of anilines is 5. The maximum Gasteiger partial charge on any atom is 0.345 e. The Bertz CT molecular complexity index is 2920. The number of hydrogen-bond donors (Lipinski definition) is 0. The van der Waals surface area contributed by atoms with Crippen LogP contribution in [0, 0.1) is 37.5 Å². The van der Waals surface area contributed by atoms with Gasteiger partial charge in [0.25, 0.3) is 0 Å². The van der Waals surface area contributed by atoms with Crippen LogP contribution in [0.25, 0.3) is 22.3 Å². The second-order valence-electron chi connectivity index (χ2n) is 19.4. The maximum absolute atomic E-state index is 2.77. The molecule has 60 heavy (non-hydrogen) atoms. The molecular formula is C56H50BN2Si+. The number of fused-ring (bicyclic) bond motifs is 11. The van der Waals surface area contributed by atoms with E-state index in [0.717, 1.165) is 12.3 Å². The van der Waals surface area contributed by atoms with Crippen LogP contribution in [0.5, 0.6) is 0 Å². The SMILES string of the molecule is Cc1ccc2c(c1)B1C3=CC=CCC3N(c3ccccc3)c3cc(-c4ccc([Si+](C)C)cc4)cc(c31)N2c1ccc(C)c2c1C1(c3ccccc3-2)C2CC3=CC(C)CC1C32. The number of aryl methyl sites for hydroxylation is 2. The molecule has 0 aromatic heterocycles. The first-order valence-corrected chi connectivity index (χ1v) is 25.0. The zero-order chi connectivity index (χ0) is 40.2. The van der Waals surface area contributed by atoms with E-state index in [9.17, 15) is 0 Å². The topological polar surface area (TPSA) is 6.48 Å². The van der Waals surface area contributed by atoms with Crippen LogP contribution in [-0.2, 0) is 5.41 Å². The van der Waals surface area contributed by atoms with Crippen LogP contribution in [0.1, 0.15) is 48.4 Å². The van der Waals surface area contributed by atoms with Crippen molar-refractivity contribution in [3.05, 3.63) is 179 Å². The quantitative estimate of drug-likeness (QED) is 0.130. The van der Waals surface area contributed by atoms with Crippen molar-refractivity contribution >= 4 is 60.1 Å². The average molecular weight is 790 g/mol. The van der Waals surface area contributed by atoms with Gasteiger partial charge >= 0.3 is 8.80 Å². The minimum absolute atomic E-state index is 0.0107. The van der Waals surface area contributed by atoms with Gasteiger partial charge in [0.2, 0.25) is 6.71 Å². The minimum Gasteiger partial charge on any atom is -0.335 e. The first-order valence-electron chi connectivity index (χ1n) is 22.5. The van der Waals surface area contributed by atoms with Crippen molar-refractivity contribution in [3.63, 3.8) is 0 Å². The summed E-state index contributed by atoms with van der Waals surface area (Å²) in [6.07, 6.45) is 13.3. The lowest BCUT2D eigenvalue weighted by molar-refractivity contribution is -0.0746. The zero-order valence-corrected chi connectivity index (χ0v) is 36.3. The van der Waals surface area contributed by atoms with E-state index < -0.39 is 8.80 Å². The van der Waals surface area contributed by atoms with Crippen molar-refractivity contribution in [3.8, 4) is 22.3 Å². The molecule has 5 aliphatic carbocycles. The van der Waals surface area contributed by atoms with Crippen LogP contribution in [0.15, 0.2) is 157 Å². The van der Waals surface area contributed by atoms with Gasteiger partial charge in [0, 0.05) is 28.2 Å².